The van der Waals surface area contributed by atoms with E-state index in [0.29, 0.717) is 5.56 Å². The number of carboxylic acids is 1. The van der Waals surface area contributed by atoms with Crippen LogP contribution in [0.2, 0.25) is 0 Å². The number of aliphatic carboxylic acids is 1. The van der Waals surface area contributed by atoms with Gasteiger partial charge in [0.15, 0.2) is 5.76 Å². The fourth-order valence-electron chi connectivity index (χ4n) is 1.21. The van der Waals surface area contributed by atoms with Gasteiger partial charge in [-0.25, -0.2) is 4.79 Å². The van der Waals surface area contributed by atoms with E-state index in [1.807, 2.05) is 6.07 Å². The van der Waals surface area contributed by atoms with Gasteiger partial charge in [0.05, 0.1) is 14.2 Å². The molecule has 1 aromatic rings. The van der Waals surface area contributed by atoms with Gasteiger partial charge < -0.3 is 14.6 Å². The van der Waals surface area contributed by atoms with Crippen LogP contribution in [0.4, 0.5) is 0 Å². The minimum Gasteiger partial charge on any atom is -0.492 e. The summed E-state index contributed by atoms with van der Waals surface area (Å²) in [5, 5.41) is 8.87. The molecule has 0 spiro atoms. The van der Waals surface area contributed by atoms with Crippen LogP contribution in [0.15, 0.2) is 36.1 Å². The van der Waals surface area contributed by atoms with E-state index in [-0.39, 0.29) is 28.6 Å². The Hall–Kier alpha value is -1.45. The van der Waals surface area contributed by atoms with E-state index >= 15 is 0 Å². The number of benzene rings is 1. The Morgan fingerprint density at radius 2 is 1.69 bits per heavy atom. The summed E-state index contributed by atoms with van der Waals surface area (Å²) >= 11 is 0. The monoisotopic (exact) mass is 271 g/mol. The topological polar surface area (TPSA) is 55.8 Å². The van der Waals surface area contributed by atoms with Crippen molar-refractivity contribution in [3.8, 4) is 0 Å². The molecule has 0 heterocycles. The zero-order valence-corrected chi connectivity index (χ0v) is 9.80. The van der Waals surface area contributed by atoms with Crippen LogP contribution in [0.5, 0.6) is 0 Å². The minimum absolute atomic E-state index is 0. The molecule has 1 rings (SSSR count). The van der Waals surface area contributed by atoms with Crippen molar-refractivity contribution < 1.29 is 36.4 Å². The van der Waals surface area contributed by atoms with Crippen LogP contribution in [0.3, 0.4) is 0 Å². The number of hydrogen-bond donors (Lipinski definition) is 1. The van der Waals surface area contributed by atoms with Crippen LogP contribution in [-0.2, 0) is 31.3 Å². The smallest absolute Gasteiger partial charge is 0.375 e. The van der Waals surface area contributed by atoms with E-state index in [2.05, 4.69) is 0 Å². The summed E-state index contributed by atoms with van der Waals surface area (Å²) in [6.45, 7) is 0. The van der Waals surface area contributed by atoms with Gasteiger partial charge in [0.1, 0.15) is 0 Å². The number of rotatable bonds is 4. The molecule has 0 fully saturated rings. The van der Waals surface area contributed by atoms with Crippen molar-refractivity contribution in [2.75, 3.05) is 14.2 Å². The van der Waals surface area contributed by atoms with Crippen LogP contribution < -0.4 is 0 Å². The predicted molar refractivity (Wildman–Crippen MR) is 55.0 cm³/mol. The zero-order chi connectivity index (χ0) is 11.3. The van der Waals surface area contributed by atoms with Crippen molar-refractivity contribution in [2.24, 2.45) is 0 Å². The molecule has 0 bridgehead atoms. The van der Waals surface area contributed by atoms with Crippen molar-refractivity contribution in [1.82, 2.24) is 0 Å². The largest absolute Gasteiger partial charge is 0.492 e. The van der Waals surface area contributed by atoms with Crippen molar-refractivity contribution in [2.45, 2.75) is 0 Å². The van der Waals surface area contributed by atoms with Gasteiger partial charge in [-0.3, -0.25) is 0 Å². The van der Waals surface area contributed by atoms with Gasteiger partial charge in [-0.05, 0) is 0 Å². The molecule has 0 saturated carbocycles. The second-order valence-corrected chi connectivity index (χ2v) is 2.74. The molecule has 0 aliphatic heterocycles. The predicted octanol–water partition coefficient (Wildman–Crippen LogP) is 1.73. The Bertz CT molecular complexity index is 373. The number of carboxylic acid groups (broad SMARTS) is 1. The van der Waals surface area contributed by atoms with E-state index in [9.17, 15) is 4.79 Å². The van der Waals surface area contributed by atoms with Gasteiger partial charge >= 0.3 is 5.97 Å². The van der Waals surface area contributed by atoms with Gasteiger partial charge in [0.25, 0.3) is 0 Å². The Morgan fingerprint density at radius 1 is 1.12 bits per heavy atom. The van der Waals surface area contributed by atoms with Gasteiger partial charge in [0.2, 0.25) is 5.76 Å². The molecule has 0 aromatic heterocycles. The number of ether oxygens (including phenoxy) is 2. The quantitative estimate of drug-likeness (QED) is 0.515. The Kier molecular flexibility index (Phi) is 6.30. The molecule has 1 radical (unpaired) electrons. The average Bonchev–Trinajstić information content (AvgIpc) is 2.26. The van der Waals surface area contributed by atoms with Crippen LogP contribution >= 0.6 is 0 Å². The maximum absolute atomic E-state index is 10.8. The third-order valence-corrected chi connectivity index (χ3v) is 1.84. The molecular weight excluding hydrogens is 260 g/mol. The molecule has 91 valence electrons. The maximum atomic E-state index is 10.8. The average molecular weight is 272 g/mol. The van der Waals surface area contributed by atoms with Crippen molar-refractivity contribution in [1.29, 1.82) is 0 Å². The molecule has 0 atom stereocenters. The first-order valence-electron chi connectivity index (χ1n) is 4.31. The summed E-state index contributed by atoms with van der Waals surface area (Å²) in [7, 11) is 2.70. The molecule has 0 unspecified atom stereocenters. The van der Waals surface area contributed by atoms with E-state index < -0.39 is 5.97 Å². The number of hydrogen-bond acceptors (Lipinski definition) is 3. The number of methoxy groups -OCH3 is 2. The molecule has 5 heteroatoms. The SMILES string of the molecule is COC(C(=O)O)=C(OC)c1ccccc1.[Cu]. The van der Waals surface area contributed by atoms with Crippen LogP contribution in [-0.4, -0.2) is 25.3 Å². The first-order valence-corrected chi connectivity index (χ1v) is 4.31. The Morgan fingerprint density at radius 3 is 2.06 bits per heavy atom. The molecule has 0 amide bonds. The molecule has 4 nitrogen and oxygen atoms in total. The summed E-state index contributed by atoms with van der Waals surface area (Å²) in [6.07, 6.45) is 0. The second-order valence-electron chi connectivity index (χ2n) is 2.74. The van der Waals surface area contributed by atoms with Crippen molar-refractivity contribution in [3.05, 3.63) is 41.7 Å². The number of carbonyl (C=O) groups is 1. The van der Waals surface area contributed by atoms with Crippen molar-refractivity contribution in [3.63, 3.8) is 0 Å². The van der Waals surface area contributed by atoms with Gasteiger partial charge in [-0.2, -0.15) is 0 Å². The second kappa shape index (κ2) is 6.93. The van der Waals surface area contributed by atoms with Gasteiger partial charge in [-0.1, -0.05) is 30.3 Å². The molecule has 0 aliphatic carbocycles. The molecule has 1 N–H and O–H groups in total. The summed E-state index contributed by atoms with van der Waals surface area (Å²) in [5.74, 6) is -1.15. The molecule has 0 aliphatic rings. The molecule has 0 saturated heterocycles. The summed E-state index contributed by atoms with van der Waals surface area (Å²) in [4.78, 5) is 10.8. The Balaban J connectivity index is 0.00000225. The normalized spacial score (nSPS) is 10.9. The van der Waals surface area contributed by atoms with Gasteiger partial charge in [0, 0.05) is 22.6 Å². The maximum Gasteiger partial charge on any atom is 0.375 e. The minimum atomic E-state index is -1.15. The van der Waals surface area contributed by atoms with Crippen LogP contribution in [0, 0.1) is 0 Å². The van der Waals surface area contributed by atoms with E-state index in [1.165, 1.54) is 14.2 Å². The van der Waals surface area contributed by atoms with Crippen LogP contribution in [0.1, 0.15) is 5.56 Å². The molecule has 1 aromatic carbocycles. The first-order chi connectivity index (χ1) is 7.20. The molecule has 16 heavy (non-hydrogen) atoms. The fraction of sp³-hybridized carbons (Fsp3) is 0.182. The van der Waals surface area contributed by atoms with E-state index in [0.717, 1.165) is 0 Å². The van der Waals surface area contributed by atoms with E-state index in [4.69, 9.17) is 14.6 Å². The zero-order valence-electron chi connectivity index (χ0n) is 8.86. The fourth-order valence-corrected chi connectivity index (χ4v) is 1.21. The summed E-state index contributed by atoms with van der Waals surface area (Å²) in [5.41, 5.74) is 0.666. The van der Waals surface area contributed by atoms with Gasteiger partial charge in [-0.15, -0.1) is 0 Å². The standard InChI is InChI=1S/C11H12O4.Cu/c1-14-9(10(15-2)11(12)13)8-6-4-3-5-7-8;/h3-7H,1-2H3,(H,12,13);. The molecular formula is C11H12CuO4. The third kappa shape index (κ3) is 3.29. The first kappa shape index (κ1) is 14.5. The van der Waals surface area contributed by atoms with Crippen molar-refractivity contribution >= 4 is 11.7 Å². The van der Waals surface area contributed by atoms with Crippen LogP contribution in [0.25, 0.3) is 5.76 Å². The Labute approximate surface area is 104 Å². The summed E-state index contributed by atoms with van der Waals surface area (Å²) < 4.78 is 9.80. The summed E-state index contributed by atoms with van der Waals surface area (Å²) in [6, 6.07) is 8.93. The van der Waals surface area contributed by atoms with E-state index in [1.54, 1.807) is 24.3 Å². The third-order valence-electron chi connectivity index (χ3n) is 1.84.